The first-order valence-corrected chi connectivity index (χ1v) is 10.6. The number of nitrogens with zero attached hydrogens (tertiary/aromatic N) is 2. The van der Waals surface area contributed by atoms with Crippen LogP contribution in [0.5, 0.6) is 17.2 Å². The molecule has 3 aromatic rings. The van der Waals surface area contributed by atoms with Crippen molar-refractivity contribution in [2.75, 3.05) is 24.7 Å². The molecule has 0 radical (unpaired) electrons. The van der Waals surface area contributed by atoms with E-state index in [0.29, 0.717) is 28.8 Å². The van der Waals surface area contributed by atoms with E-state index in [0.717, 1.165) is 28.4 Å². The van der Waals surface area contributed by atoms with Crippen molar-refractivity contribution in [2.24, 2.45) is 4.99 Å². The van der Waals surface area contributed by atoms with Gasteiger partial charge in [-0.05, 0) is 74.0 Å². The fourth-order valence-corrected chi connectivity index (χ4v) is 2.86. The van der Waals surface area contributed by atoms with Crippen LogP contribution in [-0.2, 0) is 0 Å². The second kappa shape index (κ2) is 12.9. The van der Waals surface area contributed by atoms with Gasteiger partial charge in [-0.15, -0.1) is 0 Å². The highest BCUT2D eigenvalue weighted by molar-refractivity contribution is 6.32. The van der Waals surface area contributed by atoms with Crippen molar-refractivity contribution in [3.05, 3.63) is 96.4 Å². The Bertz CT molecular complexity index is 1110. The first-order valence-electron chi connectivity index (χ1n) is 10.2. The number of benzene rings is 2. The molecule has 1 aromatic heterocycles. The number of anilines is 2. The Labute approximate surface area is 200 Å². The quantitative estimate of drug-likeness (QED) is 0.289. The molecule has 172 valence electrons. The average molecular weight is 465 g/mol. The van der Waals surface area contributed by atoms with Gasteiger partial charge in [0, 0.05) is 30.3 Å². The molecule has 3 rings (SSSR count). The third kappa shape index (κ3) is 8.35. The number of hydrogen-bond donors (Lipinski definition) is 2. The van der Waals surface area contributed by atoms with Crippen LogP contribution in [0.3, 0.4) is 0 Å². The van der Waals surface area contributed by atoms with Crippen LogP contribution in [0.25, 0.3) is 0 Å². The highest BCUT2D eigenvalue weighted by Crippen LogP contribution is 2.27. The SMILES string of the molecule is C=CN=C(C=C)COc1ccc(N)cc1Cl.CNc1ccc(Oc2ccc(C)nc2)c(C)c1. The fraction of sp³-hybridized carbons (Fsp3) is 0.154. The van der Waals surface area contributed by atoms with E-state index in [-0.39, 0.29) is 0 Å². The number of halogens is 1. The van der Waals surface area contributed by atoms with Crippen molar-refractivity contribution < 1.29 is 9.47 Å². The highest BCUT2D eigenvalue weighted by atomic mass is 35.5. The first kappa shape index (κ1) is 25.5. The topological polar surface area (TPSA) is 81.8 Å². The molecular weight excluding hydrogens is 436 g/mol. The van der Waals surface area contributed by atoms with Crippen LogP contribution in [0.4, 0.5) is 11.4 Å². The van der Waals surface area contributed by atoms with Crippen molar-refractivity contribution in [2.45, 2.75) is 13.8 Å². The number of ether oxygens (including phenoxy) is 2. The smallest absolute Gasteiger partial charge is 0.145 e. The molecule has 0 aliphatic heterocycles. The molecule has 0 saturated carbocycles. The Balaban J connectivity index is 0.000000234. The molecule has 33 heavy (non-hydrogen) atoms. The molecule has 1 heterocycles. The van der Waals surface area contributed by atoms with Crippen LogP contribution in [0.2, 0.25) is 5.02 Å². The summed E-state index contributed by atoms with van der Waals surface area (Å²) in [6.45, 7) is 11.4. The Hall–Kier alpha value is -3.77. The molecule has 6 nitrogen and oxygen atoms in total. The summed E-state index contributed by atoms with van der Waals surface area (Å²) in [5, 5.41) is 3.57. The molecule has 0 amide bonds. The zero-order chi connectivity index (χ0) is 24.2. The molecule has 2 aromatic carbocycles. The largest absolute Gasteiger partial charge is 0.486 e. The van der Waals surface area contributed by atoms with E-state index in [9.17, 15) is 0 Å². The van der Waals surface area contributed by atoms with E-state index >= 15 is 0 Å². The maximum Gasteiger partial charge on any atom is 0.145 e. The Morgan fingerprint density at radius 1 is 1.12 bits per heavy atom. The Morgan fingerprint density at radius 2 is 1.88 bits per heavy atom. The summed E-state index contributed by atoms with van der Waals surface area (Å²) in [6.07, 6.45) is 4.78. The van der Waals surface area contributed by atoms with Crippen molar-refractivity contribution in [3.63, 3.8) is 0 Å². The molecule has 0 aliphatic carbocycles. The lowest BCUT2D eigenvalue weighted by atomic mass is 10.2. The summed E-state index contributed by atoms with van der Waals surface area (Å²) in [6, 6.07) is 14.9. The Kier molecular flexibility index (Phi) is 9.99. The molecule has 0 spiro atoms. The van der Waals surface area contributed by atoms with Gasteiger partial charge in [0.2, 0.25) is 0 Å². The fourth-order valence-electron chi connectivity index (χ4n) is 2.61. The van der Waals surface area contributed by atoms with Crippen molar-refractivity contribution in [1.29, 1.82) is 0 Å². The molecular formula is C26H29ClN4O2. The normalized spacial score (nSPS) is 10.5. The number of hydrogen-bond acceptors (Lipinski definition) is 6. The van der Waals surface area contributed by atoms with E-state index in [1.165, 1.54) is 6.20 Å². The van der Waals surface area contributed by atoms with Gasteiger partial charge in [-0.25, -0.2) is 0 Å². The number of rotatable bonds is 8. The van der Waals surface area contributed by atoms with Crippen LogP contribution in [0.15, 0.2) is 85.2 Å². The number of nitrogens with two attached hydrogens (primary N) is 1. The zero-order valence-electron chi connectivity index (χ0n) is 19.1. The third-order valence-corrected chi connectivity index (χ3v) is 4.70. The maximum atomic E-state index is 5.94. The maximum absolute atomic E-state index is 5.94. The minimum Gasteiger partial charge on any atom is -0.486 e. The van der Waals surface area contributed by atoms with Gasteiger partial charge in [-0.2, -0.15) is 0 Å². The van der Waals surface area contributed by atoms with Gasteiger partial charge in [0.1, 0.15) is 23.9 Å². The second-order valence-electron chi connectivity index (χ2n) is 6.95. The van der Waals surface area contributed by atoms with Gasteiger partial charge in [0.25, 0.3) is 0 Å². The molecule has 0 atom stereocenters. The summed E-state index contributed by atoms with van der Waals surface area (Å²) >= 11 is 5.94. The number of aliphatic imine (C=N–C) groups is 1. The zero-order valence-corrected chi connectivity index (χ0v) is 19.9. The Morgan fingerprint density at radius 3 is 2.45 bits per heavy atom. The molecule has 0 bridgehead atoms. The molecule has 0 unspecified atom stereocenters. The number of nitrogen functional groups attached to an aromatic ring is 1. The highest BCUT2D eigenvalue weighted by Gasteiger charge is 2.03. The summed E-state index contributed by atoms with van der Waals surface area (Å²) in [5.74, 6) is 2.18. The number of aromatic nitrogens is 1. The lowest BCUT2D eigenvalue weighted by molar-refractivity contribution is 0.377. The van der Waals surface area contributed by atoms with Gasteiger partial charge >= 0.3 is 0 Å². The van der Waals surface area contributed by atoms with Gasteiger partial charge in [0.15, 0.2) is 0 Å². The van der Waals surface area contributed by atoms with Gasteiger partial charge < -0.3 is 20.5 Å². The second-order valence-corrected chi connectivity index (χ2v) is 7.36. The monoisotopic (exact) mass is 464 g/mol. The predicted molar refractivity (Wildman–Crippen MR) is 139 cm³/mol. The number of aryl methyl sites for hydroxylation is 2. The van der Waals surface area contributed by atoms with Gasteiger partial charge in [-0.1, -0.05) is 24.8 Å². The molecule has 3 N–H and O–H groups in total. The summed E-state index contributed by atoms with van der Waals surface area (Å²) in [7, 11) is 1.90. The standard InChI is InChI=1S/C14H16N2O.C12H13ClN2O/c1-10-8-12(15-3)5-7-14(10)17-13-6-4-11(2)16-9-13;1-3-10(15-4-2)8-16-12-6-5-9(14)7-11(12)13/h4-9,15H,1-3H3;3-7H,1-2,8,14H2. The number of pyridine rings is 1. The number of nitrogens with one attached hydrogen (secondary N) is 1. The average Bonchev–Trinajstić information content (AvgIpc) is 2.80. The van der Waals surface area contributed by atoms with E-state index in [1.807, 2.05) is 45.2 Å². The van der Waals surface area contributed by atoms with Crippen LogP contribution in [-0.4, -0.2) is 24.4 Å². The minimum atomic E-state index is 0.291. The third-order valence-electron chi connectivity index (χ3n) is 4.40. The lowest BCUT2D eigenvalue weighted by Crippen LogP contribution is -2.08. The molecule has 0 saturated heterocycles. The first-order chi connectivity index (χ1) is 15.9. The van der Waals surface area contributed by atoms with E-state index < -0.39 is 0 Å². The van der Waals surface area contributed by atoms with E-state index in [2.05, 4.69) is 34.5 Å². The van der Waals surface area contributed by atoms with Crippen LogP contribution in [0, 0.1) is 13.8 Å². The lowest BCUT2D eigenvalue weighted by Gasteiger charge is -2.10. The van der Waals surface area contributed by atoms with Crippen molar-refractivity contribution in [1.82, 2.24) is 4.98 Å². The van der Waals surface area contributed by atoms with Gasteiger partial charge in [0.05, 0.1) is 16.9 Å². The summed E-state index contributed by atoms with van der Waals surface area (Å²) in [5.41, 5.74) is 10.0. The van der Waals surface area contributed by atoms with Crippen LogP contribution in [0.1, 0.15) is 11.3 Å². The van der Waals surface area contributed by atoms with Crippen LogP contribution >= 0.6 is 11.6 Å². The minimum absolute atomic E-state index is 0.291. The van der Waals surface area contributed by atoms with Crippen LogP contribution < -0.4 is 20.5 Å². The molecule has 7 heteroatoms. The molecule has 0 aliphatic rings. The summed E-state index contributed by atoms with van der Waals surface area (Å²) < 4.78 is 11.2. The molecule has 0 fully saturated rings. The van der Waals surface area contributed by atoms with Crippen molar-refractivity contribution >= 4 is 28.7 Å². The van der Waals surface area contributed by atoms with E-state index in [4.69, 9.17) is 26.8 Å². The van der Waals surface area contributed by atoms with Gasteiger partial charge in [-0.3, -0.25) is 9.98 Å². The summed E-state index contributed by atoms with van der Waals surface area (Å²) in [4.78, 5) is 8.18. The predicted octanol–water partition coefficient (Wildman–Crippen LogP) is 6.60. The van der Waals surface area contributed by atoms with E-state index in [1.54, 1.807) is 30.5 Å². The van der Waals surface area contributed by atoms with Crippen molar-refractivity contribution in [3.8, 4) is 17.2 Å².